The highest BCUT2D eigenvalue weighted by Gasteiger charge is 2.18. The van der Waals surface area contributed by atoms with Gasteiger partial charge in [-0.05, 0) is 108 Å². The molecule has 0 aliphatic rings. The van der Waals surface area contributed by atoms with Crippen LogP contribution < -0.4 is 9.47 Å². The van der Waals surface area contributed by atoms with Gasteiger partial charge in [0.2, 0.25) is 5.95 Å². The highest BCUT2D eigenvalue weighted by atomic mass is 16.5. The standard InChI is InChI=1S/C43H36N6O2/c1-27(2)29-17-31(39-9-5-7-15-45-39)21-35(19-29)50-33-11-13-37-38-14-12-34(24-42(38)49(41(37)23-33)43-47-25-44-26-48-43)51-36-20-30(28(3)4)18-32(22-36)40-10-6-8-16-46-40/h5-28H,1-4H3. The lowest BCUT2D eigenvalue weighted by Gasteiger charge is -2.14. The van der Waals surface area contributed by atoms with Crippen LogP contribution >= 0.6 is 0 Å². The fourth-order valence-corrected chi connectivity index (χ4v) is 6.33. The van der Waals surface area contributed by atoms with Crippen molar-refractivity contribution >= 4 is 21.8 Å². The van der Waals surface area contributed by atoms with Gasteiger partial charge in [0.25, 0.3) is 0 Å². The molecule has 0 saturated carbocycles. The van der Waals surface area contributed by atoms with E-state index in [0.717, 1.165) is 55.8 Å². The number of benzene rings is 4. The monoisotopic (exact) mass is 668 g/mol. The summed E-state index contributed by atoms with van der Waals surface area (Å²) in [4.78, 5) is 22.3. The molecule has 8 heteroatoms. The molecular formula is C43H36N6O2. The molecule has 0 aliphatic carbocycles. The third kappa shape index (κ3) is 6.51. The first-order chi connectivity index (χ1) is 24.9. The van der Waals surface area contributed by atoms with Crippen molar-refractivity contribution in [3.05, 3.63) is 145 Å². The zero-order valence-corrected chi connectivity index (χ0v) is 28.9. The summed E-state index contributed by atoms with van der Waals surface area (Å²) in [6, 6.07) is 36.8. The first-order valence-corrected chi connectivity index (χ1v) is 17.1. The molecule has 0 unspecified atom stereocenters. The third-order valence-electron chi connectivity index (χ3n) is 8.97. The maximum atomic E-state index is 6.58. The Bertz CT molecular complexity index is 2330. The number of rotatable bonds is 9. The summed E-state index contributed by atoms with van der Waals surface area (Å²) in [5.41, 5.74) is 7.96. The molecule has 0 bridgehead atoms. The van der Waals surface area contributed by atoms with Crippen molar-refractivity contribution < 1.29 is 9.47 Å². The molecule has 0 saturated heterocycles. The molecule has 0 aliphatic heterocycles. The summed E-state index contributed by atoms with van der Waals surface area (Å²) >= 11 is 0. The largest absolute Gasteiger partial charge is 0.457 e. The fraction of sp³-hybridized carbons (Fsp3) is 0.140. The number of hydrogen-bond donors (Lipinski definition) is 0. The summed E-state index contributed by atoms with van der Waals surface area (Å²) in [7, 11) is 0. The Balaban J connectivity index is 1.21. The summed E-state index contributed by atoms with van der Waals surface area (Å²) in [5.74, 6) is 4.00. The van der Waals surface area contributed by atoms with Crippen molar-refractivity contribution in [2.45, 2.75) is 39.5 Å². The molecule has 4 aromatic heterocycles. The van der Waals surface area contributed by atoms with Crippen LogP contribution in [0.15, 0.2) is 134 Å². The molecule has 8 nitrogen and oxygen atoms in total. The van der Waals surface area contributed by atoms with Crippen LogP contribution in [0.4, 0.5) is 0 Å². The van der Waals surface area contributed by atoms with Crippen molar-refractivity contribution in [1.29, 1.82) is 0 Å². The van der Waals surface area contributed by atoms with Gasteiger partial charge in [0.15, 0.2) is 0 Å². The first kappa shape index (κ1) is 31.8. The van der Waals surface area contributed by atoms with Gasteiger partial charge in [-0.25, -0.2) is 15.0 Å². The smallest absolute Gasteiger partial charge is 0.237 e. The zero-order valence-electron chi connectivity index (χ0n) is 28.9. The molecule has 0 N–H and O–H groups in total. The van der Waals surface area contributed by atoms with E-state index in [1.807, 2.05) is 89.8 Å². The highest BCUT2D eigenvalue weighted by Crippen LogP contribution is 2.39. The van der Waals surface area contributed by atoms with Crippen molar-refractivity contribution in [3.63, 3.8) is 0 Å². The third-order valence-corrected chi connectivity index (χ3v) is 8.97. The Morgan fingerprint density at radius 2 is 0.980 bits per heavy atom. The van der Waals surface area contributed by atoms with E-state index in [1.165, 1.54) is 23.8 Å². The van der Waals surface area contributed by atoms with E-state index in [0.29, 0.717) is 29.3 Å². The Kier molecular flexibility index (Phi) is 8.41. The Labute approximate surface area is 296 Å². The van der Waals surface area contributed by atoms with Crippen molar-refractivity contribution in [2.24, 2.45) is 0 Å². The SMILES string of the molecule is CC(C)c1cc(Oc2ccc3c4ccc(Oc5cc(-c6ccccn6)cc(C(C)C)c5)cc4n(-c4ncncn4)c3c2)cc(-c2ccccn2)c1. The average molecular weight is 669 g/mol. The molecule has 4 aromatic carbocycles. The minimum Gasteiger partial charge on any atom is -0.457 e. The summed E-state index contributed by atoms with van der Waals surface area (Å²) in [6.45, 7) is 8.72. The van der Waals surface area contributed by atoms with Gasteiger partial charge in [-0.3, -0.25) is 14.5 Å². The molecular weight excluding hydrogens is 633 g/mol. The fourth-order valence-electron chi connectivity index (χ4n) is 6.33. The van der Waals surface area contributed by atoms with E-state index in [1.54, 1.807) is 0 Å². The average Bonchev–Trinajstić information content (AvgIpc) is 3.48. The highest BCUT2D eigenvalue weighted by molar-refractivity contribution is 6.09. The minimum atomic E-state index is 0.315. The molecule has 0 fully saturated rings. The van der Waals surface area contributed by atoms with Crippen LogP contribution in [-0.2, 0) is 0 Å². The number of fused-ring (bicyclic) bond motifs is 3. The molecule has 0 atom stereocenters. The maximum Gasteiger partial charge on any atom is 0.237 e. The quantitative estimate of drug-likeness (QED) is 0.151. The van der Waals surface area contributed by atoms with E-state index in [9.17, 15) is 0 Å². The van der Waals surface area contributed by atoms with Gasteiger partial charge in [0.1, 0.15) is 35.7 Å². The maximum absolute atomic E-state index is 6.58. The summed E-state index contributed by atoms with van der Waals surface area (Å²) in [6.07, 6.45) is 6.64. The van der Waals surface area contributed by atoms with Gasteiger partial charge in [-0.2, -0.15) is 0 Å². The lowest BCUT2D eigenvalue weighted by molar-refractivity contribution is 0.482. The van der Waals surface area contributed by atoms with E-state index < -0.39 is 0 Å². The van der Waals surface area contributed by atoms with Crippen LogP contribution in [0.5, 0.6) is 23.0 Å². The Morgan fingerprint density at radius 1 is 0.490 bits per heavy atom. The van der Waals surface area contributed by atoms with Gasteiger partial charge < -0.3 is 9.47 Å². The molecule has 0 amide bonds. The van der Waals surface area contributed by atoms with Gasteiger partial charge in [-0.15, -0.1) is 0 Å². The van der Waals surface area contributed by atoms with Crippen LogP contribution in [0.25, 0.3) is 50.3 Å². The van der Waals surface area contributed by atoms with Gasteiger partial charge in [-0.1, -0.05) is 39.8 Å². The van der Waals surface area contributed by atoms with E-state index in [2.05, 4.69) is 89.0 Å². The lowest BCUT2D eigenvalue weighted by Crippen LogP contribution is -2.01. The Morgan fingerprint density at radius 3 is 1.41 bits per heavy atom. The van der Waals surface area contributed by atoms with Crippen LogP contribution in [0.3, 0.4) is 0 Å². The molecule has 8 aromatic rings. The van der Waals surface area contributed by atoms with E-state index in [4.69, 9.17) is 9.47 Å². The number of nitrogens with zero attached hydrogens (tertiary/aromatic N) is 6. The van der Waals surface area contributed by atoms with Gasteiger partial charge in [0, 0.05) is 46.4 Å². The molecule has 0 spiro atoms. The summed E-state index contributed by atoms with van der Waals surface area (Å²) < 4.78 is 15.2. The topological polar surface area (TPSA) is 87.8 Å². The van der Waals surface area contributed by atoms with Gasteiger partial charge >= 0.3 is 0 Å². The van der Waals surface area contributed by atoms with Crippen molar-refractivity contribution in [3.8, 4) is 51.5 Å². The number of pyridine rings is 2. The van der Waals surface area contributed by atoms with Crippen molar-refractivity contribution in [2.75, 3.05) is 0 Å². The number of hydrogen-bond acceptors (Lipinski definition) is 7. The van der Waals surface area contributed by atoms with Crippen LogP contribution in [0.1, 0.15) is 50.7 Å². The molecule has 0 radical (unpaired) electrons. The van der Waals surface area contributed by atoms with E-state index >= 15 is 0 Å². The molecule has 51 heavy (non-hydrogen) atoms. The van der Waals surface area contributed by atoms with Crippen molar-refractivity contribution in [1.82, 2.24) is 29.5 Å². The minimum absolute atomic E-state index is 0.315. The second-order valence-corrected chi connectivity index (χ2v) is 13.2. The first-order valence-electron chi connectivity index (χ1n) is 17.1. The van der Waals surface area contributed by atoms with Crippen LogP contribution in [0.2, 0.25) is 0 Å². The molecule has 4 heterocycles. The van der Waals surface area contributed by atoms with E-state index in [-0.39, 0.29) is 0 Å². The number of ether oxygens (including phenoxy) is 2. The molecule has 250 valence electrons. The predicted molar refractivity (Wildman–Crippen MR) is 202 cm³/mol. The summed E-state index contributed by atoms with van der Waals surface area (Å²) in [5, 5.41) is 2.07. The Hall–Kier alpha value is -6.41. The zero-order chi connectivity index (χ0) is 34.9. The second kappa shape index (κ2) is 13.5. The van der Waals surface area contributed by atoms with Gasteiger partial charge in [0.05, 0.1) is 22.4 Å². The predicted octanol–water partition coefficient (Wildman–Crippen LogP) is 10.9. The molecule has 8 rings (SSSR count). The number of aromatic nitrogens is 6. The normalized spacial score (nSPS) is 11.5. The van der Waals surface area contributed by atoms with Crippen LogP contribution in [-0.4, -0.2) is 29.5 Å². The lowest BCUT2D eigenvalue weighted by atomic mass is 9.99. The van der Waals surface area contributed by atoms with Crippen LogP contribution in [0, 0.1) is 0 Å². The second-order valence-electron chi connectivity index (χ2n) is 13.2.